The van der Waals surface area contributed by atoms with Gasteiger partial charge in [0, 0.05) is 143 Å². The van der Waals surface area contributed by atoms with Gasteiger partial charge in [0.05, 0.1) is 42.1 Å². The first kappa shape index (κ1) is 57.7. The number of β-amino-alcohol motifs (C(OH)–C–C–N with tert-alkyl or cyclic N) is 3. The molecule has 13 N–H and O–H groups in total. The molecular weight excluding hydrogens is 882 g/mol. The first-order valence-corrected chi connectivity index (χ1v) is 22.6. The van der Waals surface area contributed by atoms with Crippen molar-refractivity contribution in [1.82, 2.24) is 39.6 Å². The van der Waals surface area contributed by atoms with Crippen LogP contribution >= 0.6 is 15.9 Å². The Bertz CT molecular complexity index is 1490. The number of hydrogen-bond acceptors (Lipinski definition) is 17. The number of halogens is 1. The zero-order chi connectivity index (χ0) is 45.7. The van der Waals surface area contributed by atoms with Crippen molar-refractivity contribution in [1.29, 1.82) is 0 Å². The van der Waals surface area contributed by atoms with E-state index in [2.05, 4.69) is 57.4 Å². The van der Waals surface area contributed by atoms with Crippen molar-refractivity contribution in [2.75, 3.05) is 163 Å². The summed E-state index contributed by atoms with van der Waals surface area (Å²) in [6.07, 6.45) is 0. The van der Waals surface area contributed by atoms with Crippen molar-refractivity contribution < 1.29 is 45.1 Å². The highest BCUT2D eigenvalue weighted by Crippen LogP contribution is 2.23. The van der Waals surface area contributed by atoms with Gasteiger partial charge in [-0.3, -0.25) is 65.2 Å². The Morgan fingerprint density at radius 2 is 0.794 bits per heavy atom. The number of rotatable bonds is 13. The van der Waals surface area contributed by atoms with Gasteiger partial charge >= 0.3 is 0 Å². The lowest BCUT2D eigenvalue weighted by Gasteiger charge is -2.34. The van der Waals surface area contributed by atoms with Gasteiger partial charge in [0.1, 0.15) is 0 Å². The number of alkyl halides is 1. The van der Waals surface area contributed by atoms with Crippen LogP contribution in [0.2, 0.25) is 0 Å². The first-order valence-electron chi connectivity index (χ1n) is 21.4. The van der Waals surface area contributed by atoms with Crippen molar-refractivity contribution in [3.05, 3.63) is 70.8 Å². The predicted molar refractivity (Wildman–Crippen MR) is 248 cm³/mol. The summed E-state index contributed by atoms with van der Waals surface area (Å²) in [6, 6.07) is 13.9. The number of aliphatic hydroxyl groups excluding tert-OH is 4. The normalized spacial score (nSPS) is 17.9. The molecule has 63 heavy (non-hydrogen) atoms. The molecule has 3 fully saturated rings. The molecule has 4 amide bonds. The largest absolute Gasteiger partial charge is 0.412 e. The van der Waals surface area contributed by atoms with Crippen molar-refractivity contribution >= 4 is 39.6 Å². The van der Waals surface area contributed by atoms with E-state index in [-0.39, 0.29) is 48.9 Å². The van der Waals surface area contributed by atoms with E-state index in [0.717, 1.165) is 105 Å². The third kappa shape index (κ3) is 19.3. The van der Waals surface area contributed by atoms with Crippen molar-refractivity contribution in [3.63, 3.8) is 0 Å². The van der Waals surface area contributed by atoms with E-state index in [4.69, 9.17) is 26.2 Å². The monoisotopic (exact) mass is 955 g/mol. The van der Waals surface area contributed by atoms with E-state index >= 15 is 0 Å². The van der Waals surface area contributed by atoms with Crippen LogP contribution in [0.5, 0.6) is 0 Å². The van der Waals surface area contributed by atoms with E-state index < -0.39 is 0 Å². The fourth-order valence-corrected chi connectivity index (χ4v) is 7.58. The molecule has 2 aromatic rings. The summed E-state index contributed by atoms with van der Waals surface area (Å²) in [5.74, 6) is 7.26. The predicted octanol–water partition coefficient (Wildman–Crippen LogP) is -3.00. The molecule has 5 aliphatic rings. The van der Waals surface area contributed by atoms with Gasteiger partial charge in [0.25, 0.3) is 23.6 Å². The smallest absolute Gasteiger partial charge is 0.261 e. The van der Waals surface area contributed by atoms with Gasteiger partial charge in [-0.15, -0.1) is 0 Å². The summed E-state index contributed by atoms with van der Waals surface area (Å²) in [5, 5.41) is 37.6. The standard InChI is InChI=1S/C16H21N3O3.C10H8BrNO2.C8H19N3O.C6H14N2O.C2H6O.H4N2.H2O/c20-12-11-18-7-5-17(6-8-18)9-10-19-15(21)13-3-1-2-4-14(13)16(19)22;11-5-6-12-9(13)7-3-1-2-4-8(7)10(12)14;9-1-2-10-3-5-11(6-4-10)7-8-12;9-6-5-8-3-1-7-2-4-8;1-2-3;1-2;/h1-4,20H,5-12H2;1-4H,5-6H2;12H,1-9H2;7,9H,1-6H2;3H,2H2,1H3;1-2H2;1H2. The fraction of sp³-hybridized carbons (Fsp3) is 0.619. The van der Waals surface area contributed by atoms with E-state index in [9.17, 15) is 19.2 Å². The van der Waals surface area contributed by atoms with Crippen LogP contribution in [-0.4, -0.2) is 246 Å². The summed E-state index contributed by atoms with van der Waals surface area (Å²) in [5.41, 5.74) is 7.51. The van der Waals surface area contributed by atoms with Gasteiger partial charge < -0.3 is 37.0 Å². The molecule has 0 spiro atoms. The number of hydrogen-bond donors (Lipinski definition) is 8. The SMILES string of the molecule is CCO.NCCN1CCN(CCO)CC1.NN.O.O=C1c2ccccc2C(=O)N1CCBr.O=C1c2ccccc2C(=O)N1CCN1CCN(CCO)CC1.OCCN1CCNCC1. The Balaban J connectivity index is 0.000000423. The number of carbonyl (C=O) groups is 4. The zero-order valence-corrected chi connectivity index (χ0v) is 38.5. The molecule has 5 heterocycles. The molecule has 3 saturated heterocycles. The van der Waals surface area contributed by atoms with E-state index in [0.29, 0.717) is 60.4 Å². The number of aliphatic hydroxyl groups is 4. The molecule has 0 radical (unpaired) electrons. The number of imide groups is 2. The second kappa shape index (κ2) is 34.1. The van der Waals surface area contributed by atoms with Gasteiger partial charge in [0.15, 0.2) is 0 Å². The number of fused-ring (bicyclic) bond motifs is 2. The maximum Gasteiger partial charge on any atom is 0.261 e. The third-order valence-electron chi connectivity index (χ3n) is 10.5. The quantitative estimate of drug-likeness (QED) is 0.0430. The summed E-state index contributed by atoms with van der Waals surface area (Å²) in [6.45, 7) is 20.7. The molecule has 0 unspecified atom stereocenters. The number of amides is 4. The van der Waals surface area contributed by atoms with Gasteiger partial charge in [-0.1, -0.05) is 40.2 Å². The summed E-state index contributed by atoms with van der Waals surface area (Å²) in [4.78, 5) is 61.9. The fourth-order valence-electron chi connectivity index (χ4n) is 7.22. The van der Waals surface area contributed by atoms with Crippen LogP contribution in [-0.2, 0) is 0 Å². The number of carbonyl (C=O) groups excluding carboxylic acids is 4. The minimum atomic E-state index is -0.190. The molecule has 358 valence electrons. The molecule has 7 rings (SSSR count). The number of nitrogens with one attached hydrogen (secondary N) is 1. The van der Waals surface area contributed by atoms with E-state index in [1.54, 1.807) is 55.5 Å². The van der Waals surface area contributed by atoms with Crippen molar-refractivity contribution in [3.8, 4) is 0 Å². The second-order valence-corrected chi connectivity index (χ2v) is 15.3. The van der Waals surface area contributed by atoms with Crippen LogP contribution in [0.4, 0.5) is 0 Å². The maximum absolute atomic E-state index is 12.3. The number of hydrazine groups is 1. The Hall–Kier alpha value is -3.36. The molecule has 0 saturated carbocycles. The number of nitrogens with zero attached hydrogens (tertiary/aromatic N) is 7. The summed E-state index contributed by atoms with van der Waals surface area (Å²) in [7, 11) is 0. The summed E-state index contributed by atoms with van der Waals surface area (Å²) < 4.78 is 0. The van der Waals surface area contributed by atoms with Crippen molar-refractivity contribution in [2.24, 2.45) is 17.4 Å². The molecule has 21 heteroatoms. The average molecular weight is 957 g/mol. The van der Waals surface area contributed by atoms with Gasteiger partial charge in [0.2, 0.25) is 0 Å². The number of nitrogens with two attached hydrogens (primary N) is 3. The second-order valence-electron chi connectivity index (χ2n) is 14.5. The lowest BCUT2D eigenvalue weighted by Crippen LogP contribution is -2.49. The van der Waals surface area contributed by atoms with E-state index in [1.807, 2.05) is 0 Å². The van der Waals surface area contributed by atoms with Crippen LogP contribution in [0.3, 0.4) is 0 Å². The maximum atomic E-state index is 12.3. The van der Waals surface area contributed by atoms with Gasteiger partial charge in [-0.2, -0.15) is 0 Å². The molecule has 0 aliphatic carbocycles. The Labute approximate surface area is 380 Å². The molecular formula is C42H74BrN11O9. The lowest BCUT2D eigenvalue weighted by molar-refractivity contribution is 0.0604. The molecule has 0 aromatic heterocycles. The molecule has 5 aliphatic heterocycles. The van der Waals surface area contributed by atoms with Crippen molar-refractivity contribution in [2.45, 2.75) is 6.92 Å². The van der Waals surface area contributed by atoms with Crippen LogP contribution in [0, 0.1) is 0 Å². The number of piperazine rings is 3. The average Bonchev–Trinajstić information content (AvgIpc) is 3.69. The molecule has 0 atom stereocenters. The third-order valence-corrected chi connectivity index (χ3v) is 10.9. The highest BCUT2D eigenvalue weighted by molar-refractivity contribution is 9.09. The first-order chi connectivity index (χ1) is 30.2. The van der Waals surface area contributed by atoms with E-state index in [1.165, 1.54) is 9.80 Å². The molecule has 2 aromatic carbocycles. The summed E-state index contributed by atoms with van der Waals surface area (Å²) >= 11 is 3.21. The number of benzene rings is 2. The van der Waals surface area contributed by atoms with Crippen LogP contribution in [0.25, 0.3) is 0 Å². The van der Waals surface area contributed by atoms with Crippen LogP contribution in [0.1, 0.15) is 48.4 Å². The van der Waals surface area contributed by atoms with Crippen LogP contribution in [0.15, 0.2) is 48.5 Å². The minimum absolute atomic E-state index is 0. The van der Waals surface area contributed by atoms with Crippen LogP contribution < -0.4 is 22.7 Å². The highest BCUT2D eigenvalue weighted by atomic mass is 79.9. The zero-order valence-electron chi connectivity index (χ0n) is 37.0. The van der Waals surface area contributed by atoms with Gasteiger partial charge in [-0.05, 0) is 31.2 Å². The topological polar surface area (TPSA) is 293 Å². The molecule has 20 nitrogen and oxygen atoms in total. The minimum Gasteiger partial charge on any atom is -0.412 e. The highest BCUT2D eigenvalue weighted by Gasteiger charge is 2.36. The Morgan fingerprint density at radius 3 is 1.10 bits per heavy atom. The lowest BCUT2D eigenvalue weighted by atomic mass is 10.1. The molecule has 0 bridgehead atoms. The Morgan fingerprint density at radius 1 is 0.508 bits per heavy atom. The van der Waals surface area contributed by atoms with Gasteiger partial charge in [-0.25, -0.2) is 0 Å². The Kier molecular flexibility index (Phi) is 31.2.